The first-order valence-corrected chi connectivity index (χ1v) is 10.3. The number of halogens is 2. The van der Waals surface area contributed by atoms with Gasteiger partial charge in [0.05, 0.1) is 17.9 Å². The molecule has 162 valence electrons. The van der Waals surface area contributed by atoms with Crippen LogP contribution in [0.2, 0.25) is 0 Å². The molecule has 3 fully saturated rings. The Bertz CT molecular complexity index is 1040. The first-order chi connectivity index (χ1) is 15.0. The number of carbonyl (C=O) groups excluding carboxylic acids is 1. The average Bonchev–Trinajstić information content (AvgIpc) is 3.38. The van der Waals surface area contributed by atoms with E-state index in [2.05, 4.69) is 15.1 Å². The molecule has 1 saturated carbocycles. The van der Waals surface area contributed by atoms with Crippen molar-refractivity contribution in [3.63, 3.8) is 0 Å². The van der Waals surface area contributed by atoms with Crippen molar-refractivity contribution in [3.05, 3.63) is 24.3 Å². The van der Waals surface area contributed by atoms with Gasteiger partial charge in [0.25, 0.3) is 0 Å². The van der Waals surface area contributed by atoms with Gasteiger partial charge in [0, 0.05) is 31.4 Å². The standard InChI is InChI=1S/C20H21F2N7O2/c21-18(22)29-11-14(8-25-29)17-15(7-23)24-9-16(26-17)27-5-3-20(4-6-27)12-31-19(30)28(20)10-13-1-2-13/h8-9,11,13,18H,1-6,10,12H2. The summed E-state index contributed by atoms with van der Waals surface area (Å²) >= 11 is 0. The second-order valence-electron chi connectivity index (χ2n) is 8.34. The number of nitrogens with zero attached hydrogens (tertiary/aromatic N) is 7. The van der Waals surface area contributed by atoms with Crippen LogP contribution in [0.3, 0.4) is 0 Å². The summed E-state index contributed by atoms with van der Waals surface area (Å²) in [6.07, 6.45) is 7.52. The van der Waals surface area contributed by atoms with Gasteiger partial charge in [0.1, 0.15) is 24.2 Å². The Balaban J connectivity index is 1.35. The molecule has 1 spiro atoms. The van der Waals surface area contributed by atoms with Crippen LogP contribution in [0.25, 0.3) is 11.3 Å². The third kappa shape index (κ3) is 3.56. The number of rotatable bonds is 5. The van der Waals surface area contributed by atoms with Crippen LogP contribution in [-0.4, -0.2) is 62.5 Å². The summed E-state index contributed by atoms with van der Waals surface area (Å²) in [6, 6.07) is 1.96. The molecular formula is C20H21F2N7O2. The van der Waals surface area contributed by atoms with Gasteiger partial charge in [-0.3, -0.25) is 4.90 Å². The number of cyclic esters (lactones) is 1. The number of carbonyl (C=O) groups is 1. The number of piperidine rings is 1. The number of alkyl halides is 2. The van der Waals surface area contributed by atoms with E-state index in [1.54, 1.807) is 0 Å². The van der Waals surface area contributed by atoms with Gasteiger partial charge in [-0.15, -0.1) is 0 Å². The molecule has 1 amide bonds. The number of hydrogen-bond acceptors (Lipinski definition) is 7. The number of anilines is 1. The second-order valence-corrected chi connectivity index (χ2v) is 8.34. The number of aromatic nitrogens is 4. The molecule has 0 unspecified atom stereocenters. The topological polar surface area (TPSA) is 100 Å². The lowest BCUT2D eigenvalue weighted by Gasteiger charge is -2.43. The molecule has 2 saturated heterocycles. The minimum atomic E-state index is -2.77. The maximum atomic E-state index is 12.9. The number of nitriles is 1. The molecule has 2 aromatic rings. The lowest BCUT2D eigenvalue weighted by Crippen LogP contribution is -2.55. The van der Waals surface area contributed by atoms with Crippen molar-refractivity contribution in [1.82, 2.24) is 24.6 Å². The molecule has 2 aliphatic heterocycles. The van der Waals surface area contributed by atoms with Gasteiger partial charge in [-0.05, 0) is 31.6 Å². The van der Waals surface area contributed by atoms with Crippen LogP contribution in [0.15, 0.2) is 18.6 Å². The third-order valence-corrected chi connectivity index (χ3v) is 6.35. The molecule has 2 aromatic heterocycles. The molecule has 0 N–H and O–H groups in total. The van der Waals surface area contributed by atoms with Crippen LogP contribution in [0.4, 0.5) is 19.4 Å². The van der Waals surface area contributed by atoms with Crippen LogP contribution in [-0.2, 0) is 4.74 Å². The van der Waals surface area contributed by atoms with Crippen molar-refractivity contribution in [2.75, 3.05) is 31.1 Å². The molecule has 5 rings (SSSR count). The third-order valence-electron chi connectivity index (χ3n) is 6.35. The van der Waals surface area contributed by atoms with Gasteiger partial charge in [0.15, 0.2) is 5.69 Å². The van der Waals surface area contributed by atoms with Crippen LogP contribution in [0, 0.1) is 17.2 Å². The molecule has 0 aromatic carbocycles. The van der Waals surface area contributed by atoms with E-state index >= 15 is 0 Å². The molecule has 31 heavy (non-hydrogen) atoms. The predicted molar refractivity (Wildman–Crippen MR) is 104 cm³/mol. The monoisotopic (exact) mass is 429 g/mol. The maximum absolute atomic E-state index is 12.9. The summed E-state index contributed by atoms with van der Waals surface area (Å²) in [5.41, 5.74) is 0.306. The number of ether oxygens (including phenoxy) is 1. The zero-order valence-corrected chi connectivity index (χ0v) is 16.7. The van der Waals surface area contributed by atoms with E-state index in [1.807, 2.05) is 15.9 Å². The van der Waals surface area contributed by atoms with Crippen molar-refractivity contribution >= 4 is 11.9 Å². The zero-order chi connectivity index (χ0) is 21.6. The molecule has 0 radical (unpaired) electrons. The molecule has 11 heteroatoms. The molecule has 9 nitrogen and oxygen atoms in total. The Morgan fingerprint density at radius 2 is 2.06 bits per heavy atom. The molecular weight excluding hydrogens is 408 g/mol. The normalized spacial score (nSPS) is 20.4. The van der Waals surface area contributed by atoms with Gasteiger partial charge in [-0.25, -0.2) is 19.4 Å². The smallest absolute Gasteiger partial charge is 0.410 e. The van der Waals surface area contributed by atoms with Gasteiger partial charge in [0.2, 0.25) is 0 Å². The van der Waals surface area contributed by atoms with Gasteiger partial charge in [-0.1, -0.05) is 0 Å². The Kier molecular flexibility index (Phi) is 4.72. The number of amides is 1. The molecule has 0 bridgehead atoms. The zero-order valence-electron chi connectivity index (χ0n) is 16.7. The van der Waals surface area contributed by atoms with E-state index in [9.17, 15) is 18.8 Å². The van der Waals surface area contributed by atoms with Gasteiger partial charge < -0.3 is 9.64 Å². The van der Waals surface area contributed by atoms with E-state index in [4.69, 9.17) is 4.74 Å². The summed E-state index contributed by atoms with van der Waals surface area (Å²) in [7, 11) is 0. The van der Waals surface area contributed by atoms with Crippen molar-refractivity contribution in [2.45, 2.75) is 37.8 Å². The largest absolute Gasteiger partial charge is 0.447 e. The van der Waals surface area contributed by atoms with Gasteiger partial charge >= 0.3 is 12.6 Å². The van der Waals surface area contributed by atoms with E-state index in [0.29, 0.717) is 41.7 Å². The molecule has 1 aliphatic carbocycles. The highest BCUT2D eigenvalue weighted by molar-refractivity contribution is 5.71. The maximum Gasteiger partial charge on any atom is 0.410 e. The Labute approximate surface area is 177 Å². The number of hydrogen-bond donors (Lipinski definition) is 0. The van der Waals surface area contributed by atoms with E-state index < -0.39 is 6.55 Å². The van der Waals surface area contributed by atoms with E-state index in [1.165, 1.54) is 12.4 Å². The first kappa shape index (κ1) is 19.7. The van der Waals surface area contributed by atoms with E-state index in [0.717, 1.165) is 38.4 Å². The SMILES string of the molecule is N#Cc1ncc(N2CCC3(CC2)COC(=O)N3CC2CC2)nc1-c1cnn(C(F)F)c1. The van der Waals surface area contributed by atoms with Crippen LogP contribution < -0.4 is 4.90 Å². The summed E-state index contributed by atoms with van der Waals surface area (Å²) in [6.45, 7) is -0.317. The quantitative estimate of drug-likeness (QED) is 0.720. The lowest BCUT2D eigenvalue weighted by atomic mass is 9.87. The average molecular weight is 429 g/mol. The molecule has 0 atom stereocenters. The highest BCUT2D eigenvalue weighted by atomic mass is 19.3. The highest BCUT2D eigenvalue weighted by Gasteiger charge is 2.50. The van der Waals surface area contributed by atoms with Crippen LogP contribution in [0.1, 0.15) is 37.9 Å². The van der Waals surface area contributed by atoms with Gasteiger partial charge in [-0.2, -0.15) is 19.1 Å². The second kappa shape index (κ2) is 7.44. The fraction of sp³-hybridized carbons (Fsp3) is 0.550. The lowest BCUT2D eigenvalue weighted by molar-refractivity contribution is 0.0566. The minimum Gasteiger partial charge on any atom is -0.447 e. The molecule has 3 aliphatic rings. The predicted octanol–water partition coefficient (Wildman–Crippen LogP) is 2.81. The summed E-state index contributed by atoms with van der Waals surface area (Å²) in [4.78, 5) is 24.9. The van der Waals surface area contributed by atoms with E-state index in [-0.39, 0.29) is 23.0 Å². The van der Waals surface area contributed by atoms with Crippen molar-refractivity contribution < 1.29 is 18.3 Å². The van der Waals surface area contributed by atoms with Crippen LogP contribution >= 0.6 is 0 Å². The fourth-order valence-electron chi connectivity index (χ4n) is 4.32. The Morgan fingerprint density at radius 3 is 2.71 bits per heavy atom. The summed E-state index contributed by atoms with van der Waals surface area (Å²) in [5.74, 6) is 1.15. The van der Waals surface area contributed by atoms with Crippen molar-refractivity contribution in [3.8, 4) is 17.3 Å². The summed E-state index contributed by atoms with van der Waals surface area (Å²) < 4.78 is 31.7. The van der Waals surface area contributed by atoms with Crippen molar-refractivity contribution in [1.29, 1.82) is 5.26 Å². The van der Waals surface area contributed by atoms with Crippen molar-refractivity contribution in [2.24, 2.45) is 5.92 Å². The minimum absolute atomic E-state index is 0.0523. The highest BCUT2D eigenvalue weighted by Crippen LogP contribution is 2.40. The first-order valence-electron chi connectivity index (χ1n) is 10.3. The summed E-state index contributed by atoms with van der Waals surface area (Å²) in [5, 5.41) is 13.0. The molecule has 4 heterocycles. The fourth-order valence-corrected chi connectivity index (χ4v) is 4.32. The Hall–Kier alpha value is -3.29. The Morgan fingerprint density at radius 1 is 1.29 bits per heavy atom. The van der Waals surface area contributed by atoms with Crippen LogP contribution in [0.5, 0.6) is 0 Å².